The van der Waals surface area contributed by atoms with Gasteiger partial charge in [-0.3, -0.25) is 18.9 Å². The monoisotopic (exact) mass is 667 g/mol. The fraction of sp³-hybridized carbons (Fsp3) is 0.424. The minimum Gasteiger partial charge on any atom is -0.496 e. The van der Waals surface area contributed by atoms with Crippen LogP contribution in [-0.4, -0.2) is 73.6 Å². The zero-order valence-corrected chi connectivity index (χ0v) is 26.6. The Morgan fingerprint density at radius 2 is 1.90 bits per heavy atom. The molecule has 12 nitrogen and oxygen atoms in total. The molecule has 1 aromatic carbocycles. The van der Waals surface area contributed by atoms with E-state index in [1.54, 1.807) is 18.5 Å². The molecule has 15 heteroatoms. The zero-order valence-electron chi connectivity index (χ0n) is 26.6. The predicted octanol–water partition coefficient (Wildman–Crippen LogP) is 5.45. The summed E-state index contributed by atoms with van der Waals surface area (Å²) in [6, 6.07) is 6.51. The van der Waals surface area contributed by atoms with Crippen molar-refractivity contribution in [2.45, 2.75) is 63.9 Å². The summed E-state index contributed by atoms with van der Waals surface area (Å²) in [6.45, 7) is 4.91. The molecule has 6 rings (SSSR count). The van der Waals surface area contributed by atoms with E-state index < -0.39 is 35.1 Å². The number of nitrogens with zero attached hydrogens (tertiary/aromatic N) is 5. The molecule has 0 bridgehead atoms. The molecule has 1 saturated carbocycles. The summed E-state index contributed by atoms with van der Waals surface area (Å²) in [4.78, 5) is 40.3. The number of alkyl halides is 3. The van der Waals surface area contributed by atoms with Gasteiger partial charge in [-0.25, -0.2) is 15.0 Å². The number of amides is 1. The largest absolute Gasteiger partial charge is 0.496 e. The number of aliphatic carboxylic acids is 1. The fourth-order valence-corrected chi connectivity index (χ4v) is 6.62. The van der Waals surface area contributed by atoms with Crippen molar-refractivity contribution < 1.29 is 37.3 Å². The van der Waals surface area contributed by atoms with Crippen molar-refractivity contribution >= 4 is 29.0 Å². The van der Waals surface area contributed by atoms with Gasteiger partial charge in [-0.1, -0.05) is 0 Å². The molecule has 2 aliphatic rings. The molecule has 4 aromatic rings. The molecule has 1 aliphatic heterocycles. The van der Waals surface area contributed by atoms with Crippen LogP contribution in [0.1, 0.15) is 67.4 Å². The lowest BCUT2D eigenvalue weighted by molar-refractivity contribution is -0.151. The van der Waals surface area contributed by atoms with Gasteiger partial charge in [-0.2, -0.15) is 13.2 Å². The van der Waals surface area contributed by atoms with Gasteiger partial charge in [0.15, 0.2) is 0 Å². The van der Waals surface area contributed by atoms with Gasteiger partial charge in [0.05, 0.1) is 24.7 Å². The topological polar surface area (TPSA) is 157 Å². The molecule has 254 valence electrons. The van der Waals surface area contributed by atoms with Gasteiger partial charge in [0.1, 0.15) is 40.5 Å². The Morgan fingerprint density at radius 3 is 2.58 bits per heavy atom. The summed E-state index contributed by atoms with van der Waals surface area (Å²) < 4.78 is 53.3. The van der Waals surface area contributed by atoms with Crippen LogP contribution in [0.5, 0.6) is 5.75 Å². The van der Waals surface area contributed by atoms with Gasteiger partial charge in [0, 0.05) is 48.3 Å². The molecule has 1 amide bonds. The number of nitrogens with two attached hydrogens (primary N) is 1. The highest BCUT2D eigenvalue weighted by Crippen LogP contribution is 2.41. The van der Waals surface area contributed by atoms with Crippen LogP contribution in [0.25, 0.3) is 16.8 Å². The number of rotatable bonds is 7. The van der Waals surface area contributed by atoms with Gasteiger partial charge in [-0.05, 0) is 69.9 Å². The van der Waals surface area contributed by atoms with Crippen molar-refractivity contribution in [2.24, 2.45) is 5.41 Å². The summed E-state index contributed by atoms with van der Waals surface area (Å²) in [7, 11) is 1.43. The molecule has 1 aliphatic carbocycles. The highest BCUT2D eigenvalue weighted by molar-refractivity contribution is 6.04. The number of carbonyl (C=O) groups excluding carboxylic acids is 1. The van der Waals surface area contributed by atoms with Gasteiger partial charge < -0.3 is 25.6 Å². The molecule has 3 aromatic heterocycles. The maximum Gasteiger partial charge on any atom is 0.416 e. The number of nitrogen functional groups attached to an aromatic ring is 1. The summed E-state index contributed by atoms with van der Waals surface area (Å²) >= 11 is 0. The van der Waals surface area contributed by atoms with Crippen LogP contribution in [0.4, 0.5) is 24.8 Å². The van der Waals surface area contributed by atoms with Crippen molar-refractivity contribution in [3.05, 3.63) is 65.9 Å². The van der Waals surface area contributed by atoms with E-state index in [1.165, 1.54) is 19.2 Å². The lowest BCUT2D eigenvalue weighted by atomic mass is 9.73. The van der Waals surface area contributed by atoms with E-state index in [4.69, 9.17) is 20.2 Å². The van der Waals surface area contributed by atoms with Crippen LogP contribution in [0.15, 0.2) is 48.9 Å². The number of halogens is 3. The van der Waals surface area contributed by atoms with E-state index in [9.17, 15) is 27.9 Å². The van der Waals surface area contributed by atoms with Crippen molar-refractivity contribution in [1.29, 1.82) is 0 Å². The van der Waals surface area contributed by atoms with Crippen LogP contribution >= 0.6 is 0 Å². The molecular weight excluding hydrogens is 631 g/mol. The molecule has 0 radical (unpaired) electrons. The van der Waals surface area contributed by atoms with Crippen LogP contribution in [0.2, 0.25) is 0 Å². The van der Waals surface area contributed by atoms with E-state index in [0.717, 1.165) is 31.2 Å². The molecular formula is C33H36F3N7O5. The van der Waals surface area contributed by atoms with Crippen molar-refractivity contribution in [3.63, 3.8) is 0 Å². The lowest BCUT2D eigenvalue weighted by Gasteiger charge is -2.46. The first kappa shape index (κ1) is 33.2. The van der Waals surface area contributed by atoms with Crippen LogP contribution in [0.3, 0.4) is 0 Å². The number of morpholine rings is 1. The quantitative estimate of drug-likeness (QED) is 0.232. The minimum atomic E-state index is -4.59. The number of imidazole rings is 1. The van der Waals surface area contributed by atoms with Gasteiger partial charge in [0.25, 0.3) is 5.91 Å². The zero-order chi connectivity index (χ0) is 34.4. The Labute approximate surface area is 274 Å². The molecule has 48 heavy (non-hydrogen) atoms. The molecule has 2 fully saturated rings. The van der Waals surface area contributed by atoms with E-state index >= 15 is 0 Å². The Bertz CT molecular complexity index is 1860. The maximum atomic E-state index is 13.2. The fourth-order valence-electron chi connectivity index (χ4n) is 6.62. The first-order valence-electron chi connectivity index (χ1n) is 15.5. The second-order valence-electron chi connectivity index (χ2n) is 12.6. The average Bonchev–Trinajstić information content (AvgIpc) is 3.45. The first-order chi connectivity index (χ1) is 22.8. The van der Waals surface area contributed by atoms with Gasteiger partial charge in [-0.15, -0.1) is 0 Å². The molecule has 0 unspecified atom stereocenters. The number of carboxylic acid groups (broad SMARTS) is 1. The molecule has 2 atom stereocenters. The standard InChI is InChI=1S/C33H36F3N7O5/c1-18-17-48-24(16-43(18)21-6-9-32(2,10-7-21)31(45)46)29-41-26(27-28(37)39-12-13-42(27)29)22-5-4-19(14-23(22)47-3)30(44)40-25-15-20(8-11-38-25)33(34,35)36/h4-5,8,11-15,18,21,24H,6-7,9-10,16-17H2,1-3H3,(H2,37,39)(H,45,46)(H,38,40,44)/t18-,21?,24-,32?/m1/s1. The summed E-state index contributed by atoms with van der Waals surface area (Å²) in [6.07, 6.45) is 2.01. The molecule has 4 N–H and O–H groups in total. The van der Waals surface area contributed by atoms with Crippen molar-refractivity contribution in [2.75, 3.05) is 31.3 Å². The maximum absolute atomic E-state index is 13.2. The highest BCUT2D eigenvalue weighted by atomic mass is 19.4. The third kappa shape index (κ3) is 6.27. The summed E-state index contributed by atoms with van der Waals surface area (Å²) in [5, 5.41) is 12.1. The SMILES string of the molecule is COc1cc(C(=O)Nc2cc(C(F)(F)F)ccn2)ccc1-c1nc([C@H]2CN(C3CCC(C)(C(=O)O)CC3)[C@H](C)CO2)n2ccnc(N)c12. The number of benzene rings is 1. The third-order valence-electron chi connectivity index (χ3n) is 9.47. The Morgan fingerprint density at radius 1 is 1.15 bits per heavy atom. The number of methoxy groups -OCH3 is 1. The van der Waals surface area contributed by atoms with Crippen molar-refractivity contribution in [3.8, 4) is 17.0 Å². The van der Waals surface area contributed by atoms with Crippen molar-refractivity contribution in [1.82, 2.24) is 24.3 Å². The second kappa shape index (κ2) is 12.7. The number of anilines is 2. The number of hydrogen-bond donors (Lipinski definition) is 3. The number of ether oxygens (including phenoxy) is 2. The molecule has 0 spiro atoms. The number of carbonyl (C=O) groups is 2. The van der Waals surface area contributed by atoms with E-state index in [1.807, 2.05) is 11.3 Å². The Kier molecular flexibility index (Phi) is 8.76. The van der Waals surface area contributed by atoms with Crippen LogP contribution < -0.4 is 15.8 Å². The normalized spacial score (nSPS) is 23.6. The van der Waals surface area contributed by atoms with E-state index in [2.05, 4.69) is 27.1 Å². The van der Waals surface area contributed by atoms with Crippen LogP contribution in [0, 0.1) is 5.41 Å². The number of fused-ring (bicyclic) bond motifs is 1. The summed E-state index contributed by atoms with van der Waals surface area (Å²) in [5.41, 5.74) is 6.33. The number of pyridine rings is 1. The first-order valence-corrected chi connectivity index (χ1v) is 15.5. The van der Waals surface area contributed by atoms with Gasteiger partial charge >= 0.3 is 12.1 Å². The average molecular weight is 668 g/mol. The Hall–Kier alpha value is -4.76. The molecule has 4 heterocycles. The van der Waals surface area contributed by atoms with E-state index in [-0.39, 0.29) is 35.0 Å². The second-order valence-corrected chi connectivity index (χ2v) is 12.6. The predicted molar refractivity (Wildman–Crippen MR) is 169 cm³/mol. The minimum absolute atomic E-state index is 0.122. The number of nitrogens with one attached hydrogen (secondary N) is 1. The number of carboxylic acids is 1. The van der Waals surface area contributed by atoms with Crippen LogP contribution in [-0.2, 0) is 15.7 Å². The molecule has 1 saturated heterocycles. The number of aromatic nitrogens is 4. The van der Waals surface area contributed by atoms with Gasteiger partial charge in [0.2, 0.25) is 0 Å². The Balaban J connectivity index is 1.29. The lowest BCUT2D eigenvalue weighted by Crippen LogP contribution is -2.52. The smallest absolute Gasteiger partial charge is 0.416 e. The number of hydrogen-bond acceptors (Lipinski definition) is 9. The van der Waals surface area contributed by atoms with E-state index in [0.29, 0.717) is 48.6 Å². The highest BCUT2D eigenvalue weighted by Gasteiger charge is 2.42. The summed E-state index contributed by atoms with van der Waals surface area (Å²) in [5.74, 6) is -0.601. The third-order valence-corrected chi connectivity index (χ3v) is 9.47.